The van der Waals surface area contributed by atoms with Crippen LogP contribution in [0, 0.1) is 5.82 Å². The molecule has 0 aliphatic carbocycles. The molecule has 120 valence electrons. The Morgan fingerprint density at radius 2 is 1.71 bits per heavy atom. The average molecular weight is 321 g/mol. The predicted octanol–water partition coefficient (Wildman–Crippen LogP) is 4.09. The van der Waals surface area contributed by atoms with Crippen LogP contribution in [0.25, 0.3) is 0 Å². The van der Waals surface area contributed by atoms with E-state index >= 15 is 0 Å². The molecule has 0 bridgehead atoms. The number of benzene rings is 2. The fourth-order valence-electron chi connectivity index (χ4n) is 2.15. The first-order valence-electron chi connectivity index (χ1n) is 7.51. The standard InChI is InChI=1S/C19H16FN3O/c20-16-9-6-14(7-10-16)12-21-18-11-8-15(13-22-18)19(24)23-17-4-2-1-3-5-17/h1-11,13H,12H2,(H,21,22)(H,23,24). The third-order valence-electron chi connectivity index (χ3n) is 3.44. The molecule has 24 heavy (non-hydrogen) atoms. The molecule has 0 radical (unpaired) electrons. The van der Waals surface area contributed by atoms with Crippen LogP contribution in [0.5, 0.6) is 0 Å². The number of nitrogens with one attached hydrogen (secondary N) is 2. The van der Waals surface area contributed by atoms with Crippen LogP contribution in [0.4, 0.5) is 15.9 Å². The summed E-state index contributed by atoms with van der Waals surface area (Å²) in [7, 11) is 0. The van der Waals surface area contributed by atoms with Crippen LogP contribution in [0.2, 0.25) is 0 Å². The monoisotopic (exact) mass is 321 g/mol. The van der Waals surface area contributed by atoms with Gasteiger partial charge >= 0.3 is 0 Å². The Kier molecular flexibility index (Phi) is 4.81. The fourth-order valence-corrected chi connectivity index (χ4v) is 2.15. The predicted molar refractivity (Wildman–Crippen MR) is 92.4 cm³/mol. The molecule has 3 rings (SSSR count). The number of anilines is 2. The van der Waals surface area contributed by atoms with Crippen molar-refractivity contribution in [3.63, 3.8) is 0 Å². The molecule has 2 aromatic carbocycles. The molecular formula is C19H16FN3O. The maximum absolute atomic E-state index is 12.9. The van der Waals surface area contributed by atoms with Gasteiger partial charge in [-0.05, 0) is 42.0 Å². The highest BCUT2D eigenvalue weighted by atomic mass is 19.1. The minimum absolute atomic E-state index is 0.209. The second-order valence-electron chi connectivity index (χ2n) is 5.23. The van der Waals surface area contributed by atoms with Crippen molar-refractivity contribution in [2.45, 2.75) is 6.54 Å². The van der Waals surface area contributed by atoms with Crippen molar-refractivity contribution in [1.29, 1.82) is 0 Å². The number of amides is 1. The summed E-state index contributed by atoms with van der Waals surface area (Å²) in [5.41, 5.74) is 2.16. The number of rotatable bonds is 5. The number of carbonyl (C=O) groups excluding carboxylic acids is 1. The lowest BCUT2D eigenvalue weighted by molar-refractivity contribution is 0.102. The molecule has 2 N–H and O–H groups in total. The Labute approximate surface area is 139 Å². The van der Waals surface area contributed by atoms with Gasteiger partial charge in [0, 0.05) is 18.4 Å². The third kappa shape index (κ3) is 4.16. The summed E-state index contributed by atoms with van der Waals surface area (Å²) in [5, 5.41) is 5.94. The quantitative estimate of drug-likeness (QED) is 0.744. The summed E-state index contributed by atoms with van der Waals surface area (Å²) in [5.74, 6) is 0.181. The van der Waals surface area contributed by atoms with Gasteiger partial charge in [0.1, 0.15) is 11.6 Å². The van der Waals surface area contributed by atoms with E-state index < -0.39 is 0 Å². The maximum Gasteiger partial charge on any atom is 0.257 e. The lowest BCUT2D eigenvalue weighted by atomic mass is 10.2. The minimum Gasteiger partial charge on any atom is -0.366 e. The highest BCUT2D eigenvalue weighted by molar-refractivity contribution is 6.04. The molecule has 0 fully saturated rings. The highest BCUT2D eigenvalue weighted by Gasteiger charge is 2.06. The van der Waals surface area contributed by atoms with Gasteiger partial charge in [-0.15, -0.1) is 0 Å². The molecule has 4 nitrogen and oxygen atoms in total. The van der Waals surface area contributed by atoms with Gasteiger partial charge in [-0.25, -0.2) is 9.37 Å². The summed E-state index contributed by atoms with van der Waals surface area (Å²) in [4.78, 5) is 16.4. The Morgan fingerprint density at radius 1 is 0.958 bits per heavy atom. The van der Waals surface area contributed by atoms with Gasteiger partial charge in [-0.2, -0.15) is 0 Å². The molecule has 0 atom stereocenters. The fraction of sp³-hybridized carbons (Fsp3) is 0.0526. The summed E-state index contributed by atoms with van der Waals surface area (Å²) < 4.78 is 12.9. The molecule has 0 spiro atoms. The summed E-state index contributed by atoms with van der Waals surface area (Å²) in [6, 6.07) is 19.0. The topological polar surface area (TPSA) is 54.0 Å². The number of carbonyl (C=O) groups is 1. The molecule has 5 heteroatoms. The lowest BCUT2D eigenvalue weighted by Crippen LogP contribution is -2.12. The van der Waals surface area contributed by atoms with Crippen molar-refractivity contribution in [2.75, 3.05) is 10.6 Å². The highest BCUT2D eigenvalue weighted by Crippen LogP contribution is 2.11. The van der Waals surface area contributed by atoms with E-state index in [1.165, 1.54) is 18.3 Å². The number of hydrogen-bond acceptors (Lipinski definition) is 3. The van der Waals surface area contributed by atoms with Crippen molar-refractivity contribution in [2.24, 2.45) is 0 Å². The van der Waals surface area contributed by atoms with Crippen molar-refractivity contribution in [1.82, 2.24) is 4.98 Å². The molecule has 0 aliphatic heterocycles. The number of pyridine rings is 1. The van der Waals surface area contributed by atoms with E-state index in [1.807, 2.05) is 30.3 Å². The van der Waals surface area contributed by atoms with Crippen LogP contribution in [0.1, 0.15) is 15.9 Å². The largest absolute Gasteiger partial charge is 0.366 e. The SMILES string of the molecule is O=C(Nc1ccccc1)c1ccc(NCc2ccc(F)cc2)nc1. The van der Waals surface area contributed by atoms with E-state index in [-0.39, 0.29) is 11.7 Å². The Hall–Kier alpha value is -3.21. The second-order valence-corrected chi connectivity index (χ2v) is 5.23. The first-order valence-corrected chi connectivity index (χ1v) is 7.51. The zero-order valence-corrected chi connectivity index (χ0v) is 12.9. The Balaban J connectivity index is 1.58. The smallest absolute Gasteiger partial charge is 0.257 e. The summed E-state index contributed by atoms with van der Waals surface area (Å²) >= 11 is 0. The average Bonchev–Trinajstić information content (AvgIpc) is 2.62. The van der Waals surface area contributed by atoms with Crippen molar-refractivity contribution in [3.05, 3.63) is 89.9 Å². The Morgan fingerprint density at radius 3 is 2.38 bits per heavy atom. The molecule has 3 aromatic rings. The number of halogens is 1. The summed E-state index contributed by atoms with van der Waals surface area (Å²) in [6.45, 7) is 0.531. The lowest BCUT2D eigenvalue weighted by Gasteiger charge is -2.07. The van der Waals surface area contributed by atoms with E-state index in [0.29, 0.717) is 17.9 Å². The second kappa shape index (κ2) is 7.37. The van der Waals surface area contributed by atoms with Crippen molar-refractivity contribution < 1.29 is 9.18 Å². The van der Waals surface area contributed by atoms with Crippen LogP contribution >= 0.6 is 0 Å². The molecule has 0 saturated carbocycles. The maximum atomic E-state index is 12.9. The minimum atomic E-state index is -0.259. The molecule has 1 heterocycles. The zero-order chi connectivity index (χ0) is 16.8. The van der Waals surface area contributed by atoms with E-state index in [4.69, 9.17) is 0 Å². The number of para-hydroxylation sites is 1. The zero-order valence-electron chi connectivity index (χ0n) is 12.9. The van der Waals surface area contributed by atoms with Crippen LogP contribution in [0.3, 0.4) is 0 Å². The van der Waals surface area contributed by atoms with E-state index in [2.05, 4.69) is 15.6 Å². The molecular weight excluding hydrogens is 305 g/mol. The van der Waals surface area contributed by atoms with Crippen LogP contribution in [-0.2, 0) is 6.54 Å². The van der Waals surface area contributed by atoms with Gasteiger partial charge in [-0.3, -0.25) is 4.79 Å². The van der Waals surface area contributed by atoms with Gasteiger partial charge in [0.05, 0.1) is 5.56 Å². The number of hydrogen-bond donors (Lipinski definition) is 2. The first kappa shape index (κ1) is 15.7. The van der Waals surface area contributed by atoms with Crippen LogP contribution < -0.4 is 10.6 Å². The number of nitrogens with zero attached hydrogens (tertiary/aromatic N) is 1. The molecule has 1 amide bonds. The summed E-state index contributed by atoms with van der Waals surface area (Å²) in [6.07, 6.45) is 1.52. The Bertz CT molecular complexity index is 802. The van der Waals surface area contributed by atoms with Gasteiger partial charge in [-0.1, -0.05) is 30.3 Å². The van der Waals surface area contributed by atoms with Crippen molar-refractivity contribution in [3.8, 4) is 0 Å². The third-order valence-corrected chi connectivity index (χ3v) is 3.44. The molecule has 0 unspecified atom stereocenters. The van der Waals surface area contributed by atoms with E-state index in [1.54, 1.807) is 24.3 Å². The van der Waals surface area contributed by atoms with Gasteiger partial charge < -0.3 is 10.6 Å². The van der Waals surface area contributed by atoms with Gasteiger partial charge in [0.25, 0.3) is 5.91 Å². The molecule has 1 aromatic heterocycles. The molecule has 0 saturated heterocycles. The van der Waals surface area contributed by atoms with E-state index in [0.717, 1.165) is 11.3 Å². The van der Waals surface area contributed by atoms with Gasteiger partial charge in [0.15, 0.2) is 0 Å². The van der Waals surface area contributed by atoms with E-state index in [9.17, 15) is 9.18 Å². The number of aromatic nitrogens is 1. The molecule has 0 aliphatic rings. The van der Waals surface area contributed by atoms with Crippen molar-refractivity contribution >= 4 is 17.4 Å². The van der Waals surface area contributed by atoms with Crippen LogP contribution in [0.15, 0.2) is 72.9 Å². The van der Waals surface area contributed by atoms with Gasteiger partial charge in [0.2, 0.25) is 0 Å². The normalized spacial score (nSPS) is 10.2. The van der Waals surface area contributed by atoms with Crippen LogP contribution in [-0.4, -0.2) is 10.9 Å². The first-order chi connectivity index (χ1) is 11.7.